The van der Waals surface area contributed by atoms with Gasteiger partial charge >= 0.3 is 0 Å². The van der Waals surface area contributed by atoms with Gasteiger partial charge in [-0.1, -0.05) is 86.8 Å². The van der Waals surface area contributed by atoms with Crippen molar-refractivity contribution >= 4 is 87.8 Å². The van der Waals surface area contributed by atoms with Gasteiger partial charge in [0.25, 0.3) is 0 Å². The molecule has 1 nitrogen and oxygen atoms in total. The van der Waals surface area contributed by atoms with E-state index in [-0.39, 0.29) is 15.0 Å². The molecule has 204 valence electrons. The number of alkyl halides is 4. The van der Waals surface area contributed by atoms with E-state index in [1.807, 2.05) is 6.08 Å². The van der Waals surface area contributed by atoms with Crippen molar-refractivity contribution < 1.29 is 17.6 Å². The average molecular weight is 753 g/mol. The average Bonchev–Trinajstić information content (AvgIpc) is 2.86. The van der Waals surface area contributed by atoms with Crippen LogP contribution in [-0.2, 0) is 0 Å². The molecule has 0 amide bonds. The SMILES string of the molecule is CCN(CC)CC.ClCCl.Fc1cc2c(cc1F)C(Br)C(Br)C=C2.Fc1cc2ccc(Br)cc2cc1F. The Morgan fingerprint density at radius 3 is 1.76 bits per heavy atom. The van der Waals surface area contributed by atoms with Crippen molar-refractivity contribution in [3.05, 3.63) is 87.4 Å². The van der Waals surface area contributed by atoms with Crippen LogP contribution in [0.2, 0.25) is 0 Å². The van der Waals surface area contributed by atoms with Crippen molar-refractivity contribution in [2.24, 2.45) is 0 Å². The zero-order valence-electron chi connectivity index (χ0n) is 20.5. The first kappa shape index (κ1) is 34.4. The van der Waals surface area contributed by atoms with Gasteiger partial charge in [-0.05, 0) is 77.9 Å². The Labute approximate surface area is 251 Å². The maximum absolute atomic E-state index is 13.0. The number of halogens is 9. The van der Waals surface area contributed by atoms with Crippen molar-refractivity contribution in [2.75, 3.05) is 25.0 Å². The number of rotatable bonds is 3. The third-order valence-corrected chi connectivity index (χ3v) is 8.44. The molecular weight excluding hydrogens is 725 g/mol. The van der Waals surface area contributed by atoms with Gasteiger partial charge in [0.2, 0.25) is 0 Å². The molecule has 0 heterocycles. The lowest BCUT2D eigenvalue weighted by Gasteiger charge is -2.21. The van der Waals surface area contributed by atoms with Crippen LogP contribution < -0.4 is 0 Å². The van der Waals surface area contributed by atoms with Gasteiger partial charge in [-0.2, -0.15) is 0 Å². The lowest BCUT2D eigenvalue weighted by molar-refractivity contribution is 0.321. The number of nitrogens with zero attached hydrogens (tertiary/aromatic N) is 1. The smallest absolute Gasteiger partial charge is 0.159 e. The van der Waals surface area contributed by atoms with Gasteiger partial charge in [0.15, 0.2) is 23.3 Å². The third kappa shape index (κ3) is 11.2. The zero-order valence-corrected chi connectivity index (χ0v) is 26.8. The molecular formula is C27H28Br3Cl2F4N. The molecule has 1 aliphatic carbocycles. The van der Waals surface area contributed by atoms with Crippen LogP contribution in [0, 0.1) is 23.3 Å². The Morgan fingerprint density at radius 1 is 0.757 bits per heavy atom. The van der Waals surface area contributed by atoms with E-state index in [1.165, 1.54) is 43.9 Å². The first-order valence-electron chi connectivity index (χ1n) is 11.4. The first-order chi connectivity index (χ1) is 17.5. The van der Waals surface area contributed by atoms with E-state index in [4.69, 9.17) is 23.2 Å². The Balaban J connectivity index is 0.000000276. The van der Waals surface area contributed by atoms with E-state index in [0.717, 1.165) is 15.6 Å². The van der Waals surface area contributed by atoms with Crippen molar-refractivity contribution in [3.8, 4) is 0 Å². The minimum atomic E-state index is -0.814. The highest BCUT2D eigenvalue weighted by Crippen LogP contribution is 2.39. The molecule has 2 atom stereocenters. The summed E-state index contributed by atoms with van der Waals surface area (Å²) in [4.78, 5) is 2.47. The van der Waals surface area contributed by atoms with Gasteiger partial charge in [-0.3, -0.25) is 0 Å². The number of fused-ring (bicyclic) bond motifs is 2. The van der Waals surface area contributed by atoms with Crippen LogP contribution in [0.25, 0.3) is 16.8 Å². The van der Waals surface area contributed by atoms with Crippen LogP contribution in [0.4, 0.5) is 17.6 Å². The van der Waals surface area contributed by atoms with Gasteiger partial charge < -0.3 is 4.90 Å². The second kappa shape index (κ2) is 17.9. The fourth-order valence-corrected chi connectivity index (χ4v) is 4.70. The predicted octanol–water partition coefficient (Wildman–Crippen LogP) is 10.8. The molecule has 0 aliphatic heterocycles. The van der Waals surface area contributed by atoms with E-state index in [0.29, 0.717) is 10.8 Å². The molecule has 37 heavy (non-hydrogen) atoms. The van der Waals surface area contributed by atoms with E-state index in [1.54, 1.807) is 24.3 Å². The summed E-state index contributed by atoms with van der Waals surface area (Å²) in [5.41, 5.74) is 1.50. The third-order valence-electron chi connectivity index (χ3n) is 5.35. The van der Waals surface area contributed by atoms with Crippen LogP contribution >= 0.6 is 71.0 Å². The number of hydrogen-bond donors (Lipinski definition) is 0. The van der Waals surface area contributed by atoms with Crippen molar-refractivity contribution in [1.82, 2.24) is 4.90 Å². The van der Waals surface area contributed by atoms with Gasteiger partial charge in [-0.15, -0.1) is 23.2 Å². The molecule has 0 fully saturated rings. The Morgan fingerprint density at radius 2 is 1.24 bits per heavy atom. The summed E-state index contributed by atoms with van der Waals surface area (Å²) in [5.74, 6) is -3.23. The van der Waals surface area contributed by atoms with Gasteiger partial charge in [0, 0.05) is 9.30 Å². The van der Waals surface area contributed by atoms with Crippen LogP contribution in [0.3, 0.4) is 0 Å². The summed E-state index contributed by atoms with van der Waals surface area (Å²) in [6, 6.07) is 10.1. The summed E-state index contributed by atoms with van der Waals surface area (Å²) in [6.07, 6.45) is 3.69. The van der Waals surface area contributed by atoms with E-state index in [9.17, 15) is 17.6 Å². The molecule has 0 N–H and O–H groups in total. The van der Waals surface area contributed by atoms with E-state index >= 15 is 0 Å². The molecule has 0 spiro atoms. The second-order valence-corrected chi connectivity index (χ2v) is 11.3. The van der Waals surface area contributed by atoms with E-state index < -0.39 is 23.3 Å². The molecule has 0 saturated carbocycles. The van der Waals surface area contributed by atoms with Crippen LogP contribution in [0.1, 0.15) is 36.7 Å². The van der Waals surface area contributed by atoms with Gasteiger partial charge in [0.1, 0.15) is 0 Å². The molecule has 10 heteroatoms. The minimum Gasteiger partial charge on any atom is -0.304 e. The summed E-state index contributed by atoms with van der Waals surface area (Å²) in [7, 11) is 0. The summed E-state index contributed by atoms with van der Waals surface area (Å²) in [6.45, 7) is 10.1. The second-order valence-electron chi connectivity index (χ2n) is 7.58. The topological polar surface area (TPSA) is 3.24 Å². The van der Waals surface area contributed by atoms with Crippen LogP contribution in [0.15, 0.2) is 53.0 Å². The van der Waals surface area contributed by atoms with Crippen molar-refractivity contribution in [2.45, 2.75) is 30.4 Å². The maximum Gasteiger partial charge on any atom is 0.159 e. The van der Waals surface area contributed by atoms with Crippen molar-refractivity contribution in [1.29, 1.82) is 0 Å². The van der Waals surface area contributed by atoms with Gasteiger partial charge in [-0.25, -0.2) is 17.6 Å². The first-order valence-corrected chi connectivity index (χ1v) is 15.1. The molecule has 0 saturated heterocycles. The monoisotopic (exact) mass is 749 g/mol. The number of hydrogen-bond acceptors (Lipinski definition) is 1. The number of allylic oxidation sites excluding steroid dienone is 1. The van der Waals surface area contributed by atoms with Crippen LogP contribution in [-0.4, -0.2) is 34.7 Å². The molecule has 0 aromatic heterocycles. The largest absolute Gasteiger partial charge is 0.304 e. The predicted molar refractivity (Wildman–Crippen MR) is 161 cm³/mol. The standard InChI is InChI=1S/C10H6Br2F2.C10H5BrF2.C6H15N.CH2Cl2/c11-7-2-1-5-3-8(13)9(14)4-6(5)10(7)12;11-8-2-1-6-4-9(12)10(13)5-7(6)3-8;1-4-7(5-2)6-3;2-1-3/h1-4,7,10H;1-5H;4-6H2,1-3H3;1H2. The summed E-state index contributed by atoms with van der Waals surface area (Å²) in [5, 5.41) is 1.58. The van der Waals surface area contributed by atoms with E-state index in [2.05, 4.69) is 73.5 Å². The Hall–Kier alpha value is -0.640. The Bertz CT molecular complexity index is 1150. The van der Waals surface area contributed by atoms with Crippen LogP contribution in [0.5, 0.6) is 0 Å². The molecule has 0 radical (unpaired) electrons. The highest BCUT2D eigenvalue weighted by Gasteiger charge is 2.23. The lowest BCUT2D eigenvalue weighted by atomic mass is 9.97. The fraction of sp³-hybridized carbons (Fsp3) is 0.333. The molecule has 2 unspecified atom stereocenters. The molecule has 3 aromatic rings. The lowest BCUT2D eigenvalue weighted by Crippen LogP contribution is -2.21. The minimum absolute atomic E-state index is 0.0161. The molecule has 1 aliphatic rings. The molecule has 4 rings (SSSR count). The van der Waals surface area contributed by atoms with Gasteiger partial charge in [0.05, 0.1) is 10.2 Å². The Kier molecular flexibility index (Phi) is 16.6. The normalized spacial score (nSPS) is 15.6. The number of benzene rings is 3. The molecule has 0 bridgehead atoms. The molecule has 3 aromatic carbocycles. The van der Waals surface area contributed by atoms with Crippen molar-refractivity contribution in [3.63, 3.8) is 0 Å². The fourth-order valence-electron chi connectivity index (χ4n) is 3.31. The summed E-state index contributed by atoms with van der Waals surface area (Å²) < 4.78 is 52.3. The maximum atomic E-state index is 13.0. The highest BCUT2D eigenvalue weighted by molar-refractivity contribution is 9.12. The highest BCUT2D eigenvalue weighted by atomic mass is 79.9. The quantitative estimate of drug-likeness (QED) is 0.190. The summed E-state index contributed by atoms with van der Waals surface area (Å²) >= 11 is 19.6. The zero-order chi connectivity index (χ0) is 28.1.